The molecule has 12 heavy (non-hydrogen) atoms. The van der Waals surface area contributed by atoms with Crippen LogP contribution < -0.4 is 4.74 Å². The molecule has 0 amide bonds. The summed E-state index contributed by atoms with van der Waals surface area (Å²) in [6, 6.07) is 7.73. The van der Waals surface area contributed by atoms with Crippen LogP contribution in [-0.2, 0) is 6.42 Å². The molecule has 0 spiro atoms. The third-order valence-corrected chi connectivity index (χ3v) is 1.69. The molecule has 0 saturated heterocycles. The summed E-state index contributed by atoms with van der Waals surface area (Å²) >= 11 is 0. The summed E-state index contributed by atoms with van der Waals surface area (Å²) in [5, 5.41) is 9.10. The van der Waals surface area contributed by atoms with Gasteiger partial charge in [-0.15, -0.1) is 0 Å². The van der Waals surface area contributed by atoms with Crippen molar-refractivity contribution in [3.8, 4) is 5.75 Å². The van der Waals surface area contributed by atoms with Crippen LogP contribution in [0.25, 0.3) is 0 Å². The topological polar surface area (TPSA) is 29.5 Å². The maximum Gasteiger partial charge on any atom is 0.118 e. The van der Waals surface area contributed by atoms with E-state index in [-0.39, 0.29) is 6.10 Å². The van der Waals surface area contributed by atoms with Crippen molar-refractivity contribution >= 4 is 0 Å². The Morgan fingerprint density at radius 2 is 1.92 bits per heavy atom. The fourth-order valence-electron chi connectivity index (χ4n) is 1.10. The molecule has 1 N–H and O–H groups in total. The lowest BCUT2D eigenvalue weighted by molar-refractivity contribution is 0.195. The molecule has 1 atom stereocenters. The molecule has 0 aliphatic rings. The van der Waals surface area contributed by atoms with Gasteiger partial charge in [-0.25, -0.2) is 0 Å². The van der Waals surface area contributed by atoms with Gasteiger partial charge in [0.2, 0.25) is 0 Å². The zero-order valence-electron chi connectivity index (χ0n) is 7.45. The lowest BCUT2D eigenvalue weighted by atomic mass is 10.1. The predicted molar refractivity (Wildman–Crippen MR) is 48.4 cm³/mol. The maximum absolute atomic E-state index is 9.10. The minimum absolute atomic E-state index is 0.279. The number of hydrogen-bond acceptors (Lipinski definition) is 2. The van der Waals surface area contributed by atoms with Crippen molar-refractivity contribution in [3.05, 3.63) is 29.8 Å². The van der Waals surface area contributed by atoms with E-state index in [2.05, 4.69) is 0 Å². The highest BCUT2D eigenvalue weighted by atomic mass is 16.5. The molecule has 0 fully saturated rings. The molecule has 0 heterocycles. The molecule has 1 unspecified atom stereocenters. The summed E-state index contributed by atoms with van der Waals surface area (Å²) in [6.07, 6.45) is 0.419. The molecule has 66 valence electrons. The molecule has 0 aliphatic heterocycles. The monoisotopic (exact) mass is 166 g/mol. The van der Waals surface area contributed by atoms with Crippen LogP contribution >= 0.6 is 0 Å². The van der Waals surface area contributed by atoms with E-state index in [1.54, 1.807) is 14.0 Å². The van der Waals surface area contributed by atoms with Crippen molar-refractivity contribution in [2.75, 3.05) is 7.11 Å². The standard InChI is InChI=1S/C10H14O2/c1-8(11)7-9-3-5-10(12-2)6-4-9/h3-6,8,11H,7H2,1-2H3. The fourth-order valence-corrected chi connectivity index (χ4v) is 1.10. The zero-order chi connectivity index (χ0) is 8.97. The summed E-state index contributed by atoms with van der Waals surface area (Å²) in [4.78, 5) is 0. The molecular weight excluding hydrogens is 152 g/mol. The van der Waals surface area contributed by atoms with E-state index in [1.807, 2.05) is 24.3 Å². The molecule has 0 radical (unpaired) electrons. The second kappa shape index (κ2) is 4.12. The Labute approximate surface area is 72.8 Å². The second-order valence-corrected chi connectivity index (χ2v) is 2.90. The molecule has 2 nitrogen and oxygen atoms in total. The smallest absolute Gasteiger partial charge is 0.118 e. The zero-order valence-corrected chi connectivity index (χ0v) is 7.45. The molecule has 0 aromatic heterocycles. The maximum atomic E-state index is 9.10. The van der Waals surface area contributed by atoms with E-state index < -0.39 is 0 Å². The summed E-state index contributed by atoms with van der Waals surface area (Å²) in [5.74, 6) is 0.851. The second-order valence-electron chi connectivity index (χ2n) is 2.90. The van der Waals surface area contributed by atoms with Crippen LogP contribution in [0.4, 0.5) is 0 Å². The van der Waals surface area contributed by atoms with Gasteiger partial charge in [0.1, 0.15) is 5.75 Å². The van der Waals surface area contributed by atoms with Gasteiger partial charge < -0.3 is 9.84 Å². The van der Waals surface area contributed by atoms with Crippen LogP contribution in [0.1, 0.15) is 12.5 Å². The Hall–Kier alpha value is -1.02. The molecular formula is C10H14O2. The van der Waals surface area contributed by atoms with Crippen LogP contribution in [0.5, 0.6) is 5.75 Å². The number of ether oxygens (including phenoxy) is 1. The van der Waals surface area contributed by atoms with Crippen LogP contribution in [0.3, 0.4) is 0 Å². The summed E-state index contributed by atoms with van der Waals surface area (Å²) in [6.45, 7) is 1.78. The summed E-state index contributed by atoms with van der Waals surface area (Å²) < 4.78 is 5.01. The van der Waals surface area contributed by atoms with Gasteiger partial charge in [-0.2, -0.15) is 0 Å². The first kappa shape index (κ1) is 9.07. The van der Waals surface area contributed by atoms with Crippen molar-refractivity contribution in [1.82, 2.24) is 0 Å². The Morgan fingerprint density at radius 1 is 1.33 bits per heavy atom. The van der Waals surface area contributed by atoms with Gasteiger partial charge in [0.15, 0.2) is 0 Å². The first-order valence-corrected chi connectivity index (χ1v) is 4.03. The van der Waals surface area contributed by atoms with Gasteiger partial charge in [0.05, 0.1) is 13.2 Å². The Morgan fingerprint density at radius 3 is 2.33 bits per heavy atom. The van der Waals surface area contributed by atoms with Crippen molar-refractivity contribution < 1.29 is 9.84 Å². The minimum Gasteiger partial charge on any atom is -0.497 e. The lowest BCUT2D eigenvalue weighted by Crippen LogP contribution is -2.03. The molecule has 0 saturated carbocycles. The van der Waals surface area contributed by atoms with E-state index >= 15 is 0 Å². The number of aliphatic hydroxyl groups excluding tert-OH is 1. The highest BCUT2D eigenvalue weighted by Gasteiger charge is 1.98. The van der Waals surface area contributed by atoms with Gasteiger partial charge in [0, 0.05) is 0 Å². The van der Waals surface area contributed by atoms with Gasteiger partial charge in [0.25, 0.3) is 0 Å². The SMILES string of the molecule is COc1ccc(CC(C)O)cc1. The number of methoxy groups -OCH3 is 1. The van der Waals surface area contributed by atoms with E-state index in [0.29, 0.717) is 6.42 Å². The number of benzene rings is 1. The van der Waals surface area contributed by atoms with E-state index in [9.17, 15) is 0 Å². The Balaban J connectivity index is 2.65. The average molecular weight is 166 g/mol. The van der Waals surface area contributed by atoms with E-state index in [4.69, 9.17) is 9.84 Å². The third kappa shape index (κ3) is 2.55. The van der Waals surface area contributed by atoms with Crippen molar-refractivity contribution in [2.45, 2.75) is 19.4 Å². The normalized spacial score (nSPS) is 12.6. The minimum atomic E-state index is -0.279. The molecule has 0 bridgehead atoms. The quantitative estimate of drug-likeness (QED) is 0.739. The van der Waals surface area contributed by atoms with E-state index in [1.165, 1.54) is 0 Å². The van der Waals surface area contributed by atoms with Crippen LogP contribution in [0.15, 0.2) is 24.3 Å². The molecule has 1 rings (SSSR count). The molecule has 0 aliphatic carbocycles. The average Bonchev–Trinajstić information content (AvgIpc) is 2.05. The number of rotatable bonds is 3. The first-order chi connectivity index (χ1) is 5.72. The van der Waals surface area contributed by atoms with Crippen molar-refractivity contribution in [1.29, 1.82) is 0 Å². The van der Waals surface area contributed by atoms with E-state index in [0.717, 1.165) is 11.3 Å². The predicted octanol–water partition coefficient (Wildman–Crippen LogP) is 1.62. The summed E-state index contributed by atoms with van der Waals surface area (Å²) in [7, 11) is 1.64. The largest absolute Gasteiger partial charge is 0.497 e. The van der Waals surface area contributed by atoms with Crippen LogP contribution in [0, 0.1) is 0 Å². The molecule has 1 aromatic carbocycles. The van der Waals surface area contributed by atoms with Crippen LogP contribution in [-0.4, -0.2) is 18.3 Å². The Bertz CT molecular complexity index is 226. The molecule has 1 aromatic rings. The highest BCUT2D eigenvalue weighted by Crippen LogP contribution is 2.12. The number of aliphatic hydroxyl groups is 1. The van der Waals surface area contributed by atoms with Gasteiger partial charge in [-0.1, -0.05) is 12.1 Å². The van der Waals surface area contributed by atoms with Gasteiger partial charge >= 0.3 is 0 Å². The van der Waals surface area contributed by atoms with Crippen molar-refractivity contribution in [3.63, 3.8) is 0 Å². The van der Waals surface area contributed by atoms with Gasteiger partial charge in [-0.3, -0.25) is 0 Å². The molecule has 2 heteroatoms. The van der Waals surface area contributed by atoms with Gasteiger partial charge in [-0.05, 0) is 31.0 Å². The number of hydrogen-bond donors (Lipinski definition) is 1. The fraction of sp³-hybridized carbons (Fsp3) is 0.400. The first-order valence-electron chi connectivity index (χ1n) is 4.03. The summed E-state index contributed by atoms with van der Waals surface area (Å²) in [5.41, 5.74) is 1.13. The Kier molecular flexibility index (Phi) is 3.11. The highest BCUT2D eigenvalue weighted by molar-refractivity contribution is 5.27. The van der Waals surface area contributed by atoms with Crippen LogP contribution in [0.2, 0.25) is 0 Å². The lowest BCUT2D eigenvalue weighted by Gasteiger charge is -2.04. The third-order valence-electron chi connectivity index (χ3n) is 1.69. The van der Waals surface area contributed by atoms with Crippen molar-refractivity contribution in [2.24, 2.45) is 0 Å².